The van der Waals surface area contributed by atoms with Gasteiger partial charge in [0.2, 0.25) is 5.91 Å². The Morgan fingerprint density at radius 1 is 1.38 bits per heavy atom. The summed E-state index contributed by atoms with van der Waals surface area (Å²) in [7, 11) is 1.19. The third kappa shape index (κ3) is 4.28. The van der Waals surface area contributed by atoms with Crippen molar-refractivity contribution in [1.82, 2.24) is 5.32 Å². The fraction of sp³-hybridized carbons (Fsp3) is 0.500. The van der Waals surface area contributed by atoms with E-state index in [0.29, 0.717) is 6.42 Å². The third-order valence-electron chi connectivity index (χ3n) is 3.46. The number of amides is 1. The number of methoxy groups -OCH3 is 1. The van der Waals surface area contributed by atoms with Crippen LogP contribution < -0.4 is 15.4 Å². The van der Waals surface area contributed by atoms with Gasteiger partial charge in [-0.25, -0.2) is 8.78 Å². The summed E-state index contributed by atoms with van der Waals surface area (Å²) in [5.41, 5.74) is 0.108. The number of benzene rings is 1. The zero-order valence-electron chi connectivity index (χ0n) is 11.9. The van der Waals surface area contributed by atoms with Gasteiger partial charge in [0.05, 0.1) is 7.11 Å². The maximum atomic E-state index is 13.5. The van der Waals surface area contributed by atoms with E-state index in [0.717, 1.165) is 25.1 Å². The van der Waals surface area contributed by atoms with Crippen molar-refractivity contribution in [3.8, 4) is 5.75 Å². The summed E-state index contributed by atoms with van der Waals surface area (Å²) in [5, 5.41) is 5.81. The van der Waals surface area contributed by atoms with Gasteiger partial charge in [0.25, 0.3) is 0 Å². The minimum absolute atomic E-state index is 0. The van der Waals surface area contributed by atoms with Gasteiger partial charge in [0, 0.05) is 29.8 Å². The van der Waals surface area contributed by atoms with Crippen LogP contribution in [0, 0.1) is 17.6 Å². The second-order valence-corrected chi connectivity index (χ2v) is 5.04. The normalized spacial score (nSPS) is 21.3. The molecule has 21 heavy (non-hydrogen) atoms. The highest BCUT2D eigenvalue weighted by Gasteiger charge is 2.25. The molecule has 0 unspecified atom stereocenters. The van der Waals surface area contributed by atoms with Gasteiger partial charge in [-0.3, -0.25) is 4.79 Å². The van der Waals surface area contributed by atoms with Gasteiger partial charge in [-0.05, 0) is 26.3 Å². The van der Waals surface area contributed by atoms with E-state index >= 15 is 0 Å². The molecule has 0 aromatic heterocycles. The lowest BCUT2D eigenvalue weighted by atomic mass is 9.92. The average molecular weight is 321 g/mol. The number of halogens is 3. The average Bonchev–Trinajstić information content (AvgIpc) is 2.38. The monoisotopic (exact) mass is 320 g/mol. The molecule has 2 atom stereocenters. The molecular formula is C14H19ClF2N2O2. The number of piperidine rings is 1. The molecule has 1 fully saturated rings. The third-order valence-corrected chi connectivity index (χ3v) is 3.46. The number of anilines is 1. The summed E-state index contributed by atoms with van der Waals surface area (Å²) in [6, 6.07) is 2.39. The van der Waals surface area contributed by atoms with Crippen molar-refractivity contribution in [3.05, 3.63) is 23.8 Å². The van der Waals surface area contributed by atoms with Gasteiger partial charge in [-0.15, -0.1) is 12.4 Å². The molecule has 1 aromatic rings. The van der Waals surface area contributed by atoms with E-state index < -0.39 is 17.4 Å². The molecule has 1 aliphatic rings. The smallest absolute Gasteiger partial charge is 0.227 e. The van der Waals surface area contributed by atoms with E-state index in [-0.39, 0.29) is 36.0 Å². The van der Waals surface area contributed by atoms with Crippen LogP contribution in [-0.2, 0) is 4.79 Å². The molecule has 1 aliphatic heterocycles. The van der Waals surface area contributed by atoms with Gasteiger partial charge in [0.1, 0.15) is 0 Å². The predicted octanol–water partition coefficient (Wildman–Crippen LogP) is 2.72. The maximum Gasteiger partial charge on any atom is 0.227 e. The van der Waals surface area contributed by atoms with E-state index in [2.05, 4.69) is 15.4 Å². The summed E-state index contributed by atoms with van der Waals surface area (Å²) in [6.07, 6.45) is 1.43. The first-order chi connectivity index (χ1) is 9.51. The lowest BCUT2D eigenvalue weighted by molar-refractivity contribution is -0.120. The SMILES string of the molecule is COc1c(F)cc(NC(=O)[C@H]2CCN[C@@H](C)C2)cc1F.Cl. The van der Waals surface area contributed by atoms with Crippen LogP contribution in [0.3, 0.4) is 0 Å². The molecule has 2 rings (SSSR count). The summed E-state index contributed by atoms with van der Waals surface area (Å²) < 4.78 is 31.7. The quantitative estimate of drug-likeness (QED) is 0.900. The van der Waals surface area contributed by atoms with Gasteiger partial charge >= 0.3 is 0 Å². The van der Waals surface area contributed by atoms with Crippen molar-refractivity contribution >= 4 is 24.0 Å². The highest BCUT2D eigenvalue weighted by atomic mass is 35.5. The van der Waals surface area contributed by atoms with Crippen LogP contribution in [0.15, 0.2) is 12.1 Å². The fourth-order valence-corrected chi connectivity index (χ4v) is 2.44. The number of carbonyl (C=O) groups is 1. The van der Waals surface area contributed by atoms with Crippen molar-refractivity contribution in [2.45, 2.75) is 25.8 Å². The van der Waals surface area contributed by atoms with E-state index in [1.54, 1.807) is 0 Å². The summed E-state index contributed by atoms with van der Waals surface area (Å²) in [5.74, 6) is -2.46. The van der Waals surface area contributed by atoms with E-state index in [9.17, 15) is 13.6 Å². The van der Waals surface area contributed by atoms with Crippen molar-refractivity contribution in [2.75, 3.05) is 19.0 Å². The van der Waals surface area contributed by atoms with Crippen LogP contribution in [0.4, 0.5) is 14.5 Å². The Kier molecular flexibility index (Phi) is 6.36. The van der Waals surface area contributed by atoms with Crippen LogP contribution in [0.2, 0.25) is 0 Å². The van der Waals surface area contributed by atoms with Crippen molar-refractivity contribution in [3.63, 3.8) is 0 Å². The second-order valence-electron chi connectivity index (χ2n) is 5.04. The summed E-state index contributed by atoms with van der Waals surface area (Å²) in [6.45, 7) is 2.77. The largest absolute Gasteiger partial charge is 0.491 e. The molecular weight excluding hydrogens is 302 g/mol. The van der Waals surface area contributed by atoms with Crippen molar-refractivity contribution in [1.29, 1.82) is 0 Å². The van der Waals surface area contributed by atoms with Gasteiger partial charge in [-0.2, -0.15) is 0 Å². The van der Waals surface area contributed by atoms with Crippen LogP contribution in [0.5, 0.6) is 5.75 Å². The zero-order chi connectivity index (χ0) is 14.7. The number of ether oxygens (including phenoxy) is 1. The number of carbonyl (C=O) groups excluding carboxylic acids is 1. The number of hydrogen-bond acceptors (Lipinski definition) is 3. The summed E-state index contributed by atoms with van der Waals surface area (Å²) >= 11 is 0. The number of rotatable bonds is 3. The molecule has 0 radical (unpaired) electrons. The molecule has 1 amide bonds. The Bertz CT molecular complexity index is 491. The Labute approximate surface area is 128 Å². The van der Waals surface area contributed by atoms with Crippen LogP contribution in [0.1, 0.15) is 19.8 Å². The maximum absolute atomic E-state index is 13.5. The second kappa shape index (κ2) is 7.56. The van der Waals surface area contributed by atoms with Gasteiger partial charge in [-0.1, -0.05) is 0 Å². The lowest BCUT2D eigenvalue weighted by Gasteiger charge is -2.27. The van der Waals surface area contributed by atoms with Crippen molar-refractivity contribution in [2.24, 2.45) is 5.92 Å². The molecule has 4 nitrogen and oxygen atoms in total. The Balaban J connectivity index is 0.00000220. The molecule has 118 valence electrons. The Morgan fingerprint density at radius 3 is 2.52 bits per heavy atom. The molecule has 1 aromatic carbocycles. The molecule has 7 heteroatoms. The molecule has 1 saturated heterocycles. The highest BCUT2D eigenvalue weighted by Crippen LogP contribution is 2.26. The van der Waals surface area contributed by atoms with Crippen LogP contribution in [0.25, 0.3) is 0 Å². The Morgan fingerprint density at radius 2 is 2.00 bits per heavy atom. The molecule has 0 aliphatic carbocycles. The lowest BCUT2D eigenvalue weighted by Crippen LogP contribution is -2.40. The molecule has 0 saturated carbocycles. The molecule has 1 heterocycles. The topological polar surface area (TPSA) is 50.4 Å². The molecule has 0 spiro atoms. The minimum atomic E-state index is -0.832. The first kappa shape index (κ1) is 17.7. The zero-order valence-corrected chi connectivity index (χ0v) is 12.7. The van der Waals surface area contributed by atoms with Crippen LogP contribution in [-0.4, -0.2) is 25.6 Å². The van der Waals surface area contributed by atoms with E-state index in [1.807, 2.05) is 6.92 Å². The highest BCUT2D eigenvalue weighted by molar-refractivity contribution is 5.92. The minimum Gasteiger partial charge on any atom is -0.491 e. The first-order valence-corrected chi connectivity index (χ1v) is 6.58. The fourth-order valence-electron chi connectivity index (χ4n) is 2.44. The predicted molar refractivity (Wildman–Crippen MR) is 79.0 cm³/mol. The van der Waals surface area contributed by atoms with Gasteiger partial charge < -0.3 is 15.4 Å². The number of hydrogen-bond donors (Lipinski definition) is 2. The van der Waals surface area contributed by atoms with Gasteiger partial charge in [0.15, 0.2) is 17.4 Å². The Hall–Kier alpha value is -1.40. The van der Waals surface area contributed by atoms with E-state index in [1.165, 1.54) is 7.11 Å². The molecule has 2 N–H and O–H groups in total. The number of nitrogens with one attached hydrogen (secondary N) is 2. The van der Waals surface area contributed by atoms with Crippen LogP contribution >= 0.6 is 12.4 Å². The van der Waals surface area contributed by atoms with Crippen molar-refractivity contribution < 1.29 is 18.3 Å². The standard InChI is InChI=1S/C14H18F2N2O2.ClH/c1-8-5-9(3-4-17-8)14(19)18-10-6-11(15)13(20-2)12(16)7-10;/h6-9,17H,3-5H2,1-2H3,(H,18,19);1H/t8-,9-;/m0./s1. The molecule has 0 bridgehead atoms. The van der Waals surface area contributed by atoms with E-state index in [4.69, 9.17) is 0 Å². The first-order valence-electron chi connectivity index (χ1n) is 6.58. The summed E-state index contributed by atoms with van der Waals surface area (Å²) in [4.78, 5) is 12.1.